The highest BCUT2D eigenvalue weighted by atomic mass is 32.2. The quantitative estimate of drug-likeness (QED) is 0.628. The lowest BCUT2D eigenvalue weighted by atomic mass is 9.97. The first-order chi connectivity index (χ1) is 13.5. The van der Waals surface area contributed by atoms with E-state index in [1.165, 1.54) is 25.3 Å². The molecule has 0 radical (unpaired) electrons. The number of nitrogens with zero attached hydrogens (tertiary/aromatic N) is 1. The van der Waals surface area contributed by atoms with Gasteiger partial charge in [0.25, 0.3) is 10.0 Å². The Labute approximate surface area is 168 Å². The van der Waals surface area contributed by atoms with Gasteiger partial charge >= 0.3 is 5.97 Å². The highest BCUT2D eigenvalue weighted by molar-refractivity contribution is 7.92. The van der Waals surface area contributed by atoms with Crippen molar-refractivity contribution in [2.75, 3.05) is 11.8 Å². The van der Waals surface area contributed by atoms with Crippen molar-refractivity contribution in [2.24, 2.45) is 0 Å². The smallest absolute Gasteiger partial charge is 0.307 e. The molecule has 3 rings (SSSR count). The predicted molar refractivity (Wildman–Crippen MR) is 108 cm³/mol. The minimum atomic E-state index is -4.03. The average molecular weight is 418 g/mol. The number of nitrogens with one attached hydrogen (secondary N) is 1. The monoisotopic (exact) mass is 418 g/mol. The van der Waals surface area contributed by atoms with Crippen molar-refractivity contribution in [1.29, 1.82) is 0 Å². The molecule has 2 N–H and O–H groups in total. The van der Waals surface area contributed by atoms with Gasteiger partial charge in [0.15, 0.2) is 5.58 Å². The zero-order valence-corrected chi connectivity index (χ0v) is 17.3. The zero-order valence-electron chi connectivity index (χ0n) is 16.5. The molecule has 0 unspecified atom stereocenters. The summed E-state index contributed by atoms with van der Waals surface area (Å²) in [5.41, 5.74) is 1.45. The van der Waals surface area contributed by atoms with Crippen LogP contribution in [-0.2, 0) is 26.7 Å². The van der Waals surface area contributed by atoms with Gasteiger partial charge in [-0.05, 0) is 35.9 Å². The lowest BCUT2D eigenvalue weighted by Gasteiger charge is -2.12. The van der Waals surface area contributed by atoms with Crippen LogP contribution in [0.5, 0.6) is 5.75 Å². The fraction of sp³-hybridized carbons (Fsp3) is 0.300. The largest absolute Gasteiger partial charge is 0.495 e. The van der Waals surface area contributed by atoms with Gasteiger partial charge < -0.3 is 14.3 Å². The third-order valence-electron chi connectivity index (χ3n) is 4.15. The maximum absolute atomic E-state index is 12.9. The highest BCUT2D eigenvalue weighted by Crippen LogP contribution is 2.30. The molecule has 3 aromatic rings. The van der Waals surface area contributed by atoms with Crippen LogP contribution in [-0.4, -0.2) is 31.6 Å². The molecule has 9 heteroatoms. The minimum absolute atomic E-state index is 0.115. The number of sulfonamides is 1. The van der Waals surface area contributed by atoms with Crippen molar-refractivity contribution in [3.8, 4) is 5.75 Å². The fourth-order valence-corrected chi connectivity index (χ4v) is 4.01. The number of hydrogen-bond acceptors (Lipinski definition) is 6. The number of aromatic nitrogens is 1. The van der Waals surface area contributed by atoms with E-state index >= 15 is 0 Å². The average Bonchev–Trinajstić information content (AvgIpc) is 3.04. The molecule has 0 aliphatic carbocycles. The summed E-state index contributed by atoms with van der Waals surface area (Å²) in [5, 5.41) is 8.97. The number of carboxylic acids is 1. The maximum atomic E-state index is 12.9. The van der Waals surface area contributed by atoms with E-state index in [0.717, 1.165) is 0 Å². The number of carboxylic acid groups (broad SMARTS) is 1. The third kappa shape index (κ3) is 4.51. The van der Waals surface area contributed by atoms with Crippen molar-refractivity contribution < 1.29 is 27.5 Å². The molecule has 0 aliphatic rings. The fourth-order valence-electron chi connectivity index (χ4n) is 2.74. The first-order valence-corrected chi connectivity index (χ1v) is 10.3. The summed E-state index contributed by atoms with van der Waals surface area (Å²) >= 11 is 0. The van der Waals surface area contributed by atoms with Crippen molar-refractivity contribution in [3.63, 3.8) is 0 Å². The van der Waals surface area contributed by atoms with Crippen molar-refractivity contribution >= 4 is 32.8 Å². The molecule has 0 atom stereocenters. The second-order valence-corrected chi connectivity index (χ2v) is 9.26. The van der Waals surface area contributed by atoms with E-state index in [9.17, 15) is 13.2 Å². The minimum Gasteiger partial charge on any atom is -0.495 e. The molecule has 0 saturated heterocycles. The molecule has 29 heavy (non-hydrogen) atoms. The van der Waals surface area contributed by atoms with Crippen LogP contribution < -0.4 is 9.46 Å². The molecule has 0 fully saturated rings. The Kier molecular flexibility index (Phi) is 5.27. The van der Waals surface area contributed by atoms with Gasteiger partial charge in [-0.1, -0.05) is 26.8 Å². The Hall–Kier alpha value is -3.07. The molecule has 154 valence electrons. The number of aliphatic carboxylic acids is 1. The van der Waals surface area contributed by atoms with Crippen LogP contribution in [0.3, 0.4) is 0 Å². The van der Waals surface area contributed by atoms with Gasteiger partial charge in [-0.2, -0.15) is 0 Å². The normalized spacial score (nSPS) is 12.1. The Bertz CT molecular complexity index is 1180. The van der Waals surface area contributed by atoms with E-state index in [0.29, 0.717) is 28.2 Å². The van der Waals surface area contributed by atoms with Crippen LogP contribution >= 0.6 is 0 Å². The van der Waals surface area contributed by atoms with Gasteiger partial charge in [-0.25, -0.2) is 13.4 Å². The number of benzene rings is 2. The first kappa shape index (κ1) is 20.7. The number of rotatable bonds is 6. The summed E-state index contributed by atoms with van der Waals surface area (Å²) in [6.45, 7) is 5.91. The lowest BCUT2D eigenvalue weighted by molar-refractivity contribution is -0.136. The maximum Gasteiger partial charge on any atom is 0.307 e. The number of oxazole rings is 1. The Balaban J connectivity index is 1.97. The Morgan fingerprint density at radius 2 is 1.93 bits per heavy atom. The van der Waals surface area contributed by atoms with Crippen LogP contribution in [0.25, 0.3) is 11.1 Å². The first-order valence-electron chi connectivity index (χ1n) is 8.82. The van der Waals surface area contributed by atoms with Gasteiger partial charge in [0.1, 0.15) is 16.2 Å². The lowest BCUT2D eigenvalue weighted by Crippen LogP contribution is -2.15. The summed E-state index contributed by atoms with van der Waals surface area (Å²) < 4.78 is 39.2. The number of hydrogen-bond donors (Lipinski definition) is 2. The van der Waals surface area contributed by atoms with Crippen LogP contribution in [0, 0.1) is 0 Å². The third-order valence-corrected chi connectivity index (χ3v) is 5.56. The summed E-state index contributed by atoms with van der Waals surface area (Å²) in [7, 11) is -2.68. The van der Waals surface area contributed by atoms with Crippen LogP contribution in [0.15, 0.2) is 45.7 Å². The molecular weight excluding hydrogens is 396 g/mol. The van der Waals surface area contributed by atoms with Gasteiger partial charge in [-0.15, -0.1) is 0 Å². The van der Waals surface area contributed by atoms with Crippen LogP contribution in [0.1, 0.15) is 32.2 Å². The molecule has 1 heterocycles. The van der Waals surface area contributed by atoms with Crippen molar-refractivity contribution in [2.45, 2.75) is 37.5 Å². The molecule has 0 saturated carbocycles. The SMILES string of the molecule is COc1ccc(CC(=O)O)cc1S(=O)(=O)Nc1ccc2oc(C(C)(C)C)nc2c1. The number of methoxy groups -OCH3 is 1. The summed E-state index contributed by atoms with van der Waals surface area (Å²) in [6.07, 6.45) is -0.299. The molecular formula is C20H22N2O6S. The molecule has 1 aromatic heterocycles. The van der Waals surface area contributed by atoms with Gasteiger partial charge in [0, 0.05) is 5.41 Å². The van der Waals surface area contributed by atoms with E-state index in [2.05, 4.69) is 9.71 Å². The summed E-state index contributed by atoms with van der Waals surface area (Å²) in [6, 6.07) is 9.05. The van der Waals surface area contributed by atoms with Crippen molar-refractivity contribution in [3.05, 3.63) is 47.9 Å². The second kappa shape index (κ2) is 7.40. The van der Waals surface area contributed by atoms with E-state index in [4.69, 9.17) is 14.3 Å². The second-order valence-electron chi connectivity index (χ2n) is 7.61. The van der Waals surface area contributed by atoms with E-state index in [1.54, 1.807) is 18.2 Å². The molecule has 8 nitrogen and oxygen atoms in total. The number of ether oxygens (including phenoxy) is 1. The summed E-state index contributed by atoms with van der Waals surface area (Å²) in [5.74, 6) is -0.391. The molecule has 0 aliphatic heterocycles. The van der Waals surface area contributed by atoms with E-state index in [1.807, 2.05) is 20.8 Å². The standard InChI is InChI=1S/C20H22N2O6S/c1-20(2,3)19-21-14-11-13(6-8-15(14)28-19)22-29(25,26)17-9-12(10-18(23)24)5-7-16(17)27-4/h5-9,11,22H,10H2,1-4H3,(H,23,24). The topological polar surface area (TPSA) is 119 Å². The molecule has 0 spiro atoms. The van der Waals surface area contributed by atoms with Gasteiger partial charge in [0.05, 0.1) is 19.2 Å². The molecule has 2 aromatic carbocycles. The summed E-state index contributed by atoms with van der Waals surface area (Å²) in [4.78, 5) is 15.3. The number of anilines is 1. The predicted octanol–water partition coefficient (Wildman–Crippen LogP) is 3.56. The number of fused-ring (bicyclic) bond motifs is 1. The molecule has 0 bridgehead atoms. The van der Waals surface area contributed by atoms with E-state index in [-0.39, 0.29) is 22.5 Å². The zero-order chi connectivity index (χ0) is 21.4. The highest BCUT2D eigenvalue weighted by Gasteiger charge is 2.23. The Morgan fingerprint density at radius 1 is 1.21 bits per heavy atom. The van der Waals surface area contributed by atoms with Crippen LogP contribution in [0.2, 0.25) is 0 Å². The number of carbonyl (C=O) groups is 1. The van der Waals surface area contributed by atoms with E-state index < -0.39 is 16.0 Å². The van der Waals surface area contributed by atoms with Crippen molar-refractivity contribution in [1.82, 2.24) is 4.98 Å². The van der Waals surface area contributed by atoms with Crippen LogP contribution in [0.4, 0.5) is 5.69 Å². The Morgan fingerprint density at radius 3 is 2.55 bits per heavy atom. The van der Waals surface area contributed by atoms with Gasteiger partial charge in [0.2, 0.25) is 5.89 Å². The van der Waals surface area contributed by atoms with Gasteiger partial charge in [-0.3, -0.25) is 9.52 Å². The molecule has 0 amide bonds.